The highest BCUT2D eigenvalue weighted by molar-refractivity contribution is 5.98. The summed E-state index contributed by atoms with van der Waals surface area (Å²) in [6, 6.07) is 7.82. The highest BCUT2D eigenvalue weighted by Crippen LogP contribution is 2.14. The van der Waals surface area contributed by atoms with E-state index in [1.165, 1.54) is 26.0 Å². The number of nitrogens with one attached hydrogen (secondary N) is 6. The van der Waals surface area contributed by atoms with Gasteiger partial charge in [0.1, 0.15) is 36.0 Å². The van der Waals surface area contributed by atoms with Crippen LogP contribution in [0.5, 0.6) is 5.75 Å². The zero-order valence-electron chi connectivity index (χ0n) is 27.9. The van der Waals surface area contributed by atoms with Crippen molar-refractivity contribution in [1.82, 2.24) is 31.9 Å². The zero-order chi connectivity index (χ0) is 36.2. The van der Waals surface area contributed by atoms with E-state index in [4.69, 9.17) is 0 Å². The van der Waals surface area contributed by atoms with Gasteiger partial charge in [-0.15, -0.1) is 0 Å². The Hall–Kier alpha value is -5.02. The van der Waals surface area contributed by atoms with Gasteiger partial charge in [-0.25, -0.2) is 0 Å². The van der Waals surface area contributed by atoms with E-state index in [0.717, 1.165) is 0 Å². The number of amides is 6. The third-order valence-corrected chi connectivity index (χ3v) is 7.83. The second-order valence-corrected chi connectivity index (χ2v) is 12.6. The molecule has 7 atom stereocenters. The molecule has 266 valence electrons. The first-order valence-corrected chi connectivity index (χ1v) is 16.1. The Labute approximate surface area is 284 Å². The minimum Gasteiger partial charge on any atom is -0.508 e. The highest BCUT2D eigenvalue weighted by Gasteiger charge is 2.35. The molecule has 3 rings (SSSR count). The van der Waals surface area contributed by atoms with Gasteiger partial charge in [0.25, 0.3) is 0 Å². The quantitative estimate of drug-likeness (QED) is 0.158. The van der Waals surface area contributed by atoms with E-state index >= 15 is 0 Å². The Kier molecular flexibility index (Phi) is 14.1. The summed E-state index contributed by atoms with van der Waals surface area (Å²) in [5.74, 6) is -5.11. The molecule has 15 heteroatoms. The minimum absolute atomic E-state index is 0.00240. The molecule has 1 aliphatic rings. The van der Waals surface area contributed by atoms with Crippen molar-refractivity contribution in [1.29, 1.82) is 0 Å². The number of aliphatic hydroxyl groups is 2. The smallest absolute Gasteiger partial charge is 0.245 e. The molecule has 1 aliphatic heterocycles. The monoisotopic (exact) mass is 682 g/mol. The van der Waals surface area contributed by atoms with Crippen molar-refractivity contribution in [2.75, 3.05) is 6.54 Å². The van der Waals surface area contributed by atoms with Crippen molar-refractivity contribution < 1.29 is 44.1 Å². The van der Waals surface area contributed by atoms with E-state index in [1.54, 1.807) is 42.5 Å². The van der Waals surface area contributed by atoms with Crippen LogP contribution in [0.25, 0.3) is 0 Å². The molecule has 0 aliphatic carbocycles. The molecule has 1 saturated heterocycles. The highest BCUT2D eigenvalue weighted by atomic mass is 16.3. The summed E-state index contributed by atoms with van der Waals surface area (Å²) in [5.41, 5.74) is 1.21. The summed E-state index contributed by atoms with van der Waals surface area (Å²) in [5, 5.41) is 45.5. The number of hydrogen-bond donors (Lipinski definition) is 9. The topological polar surface area (TPSA) is 235 Å². The molecule has 9 N–H and O–H groups in total. The molecule has 6 amide bonds. The van der Waals surface area contributed by atoms with E-state index in [-0.39, 0.29) is 30.9 Å². The molecule has 1 heterocycles. The lowest BCUT2D eigenvalue weighted by atomic mass is 9.99. The maximum Gasteiger partial charge on any atom is 0.245 e. The number of carbonyl (C=O) groups excluding carboxylic acids is 6. The number of benzene rings is 2. The van der Waals surface area contributed by atoms with Crippen molar-refractivity contribution in [3.8, 4) is 5.75 Å². The largest absolute Gasteiger partial charge is 0.508 e. The van der Waals surface area contributed by atoms with E-state index in [2.05, 4.69) is 31.9 Å². The second kappa shape index (κ2) is 17.9. The molecule has 0 bridgehead atoms. The average molecular weight is 683 g/mol. The van der Waals surface area contributed by atoms with Gasteiger partial charge in [-0.1, -0.05) is 56.3 Å². The fraction of sp³-hybridized carbons (Fsp3) is 0.471. The summed E-state index contributed by atoms with van der Waals surface area (Å²) in [6.45, 7) is 5.48. The Balaban J connectivity index is 2.05. The number of phenols is 1. The normalized spacial score (nSPS) is 24.6. The van der Waals surface area contributed by atoms with Crippen molar-refractivity contribution in [3.63, 3.8) is 0 Å². The van der Waals surface area contributed by atoms with Gasteiger partial charge in [0, 0.05) is 12.8 Å². The van der Waals surface area contributed by atoms with Crippen molar-refractivity contribution >= 4 is 35.4 Å². The molecular weight excluding hydrogens is 636 g/mol. The molecule has 49 heavy (non-hydrogen) atoms. The van der Waals surface area contributed by atoms with Crippen LogP contribution in [0.2, 0.25) is 0 Å². The van der Waals surface area contributed by atoms with Gasteiger partial charge >= 0.3 is 0 Å². The van der Waals surface area contributed by atoms with Crippen molar-refractivity contribution in [2.45, 2.75) is 89.4 Å². The molecule has 2 aromatic carbocycles. The standard InChI is InChI=1S/C34H46N6O9/c1-18(2)14-24-30(45)37-26(16-22-10-12-23(43)13-11-22)32(47)40-28(19(3)41)33(48)35-17-27(44)39-29(20(4)42)34(49)38-25(31(46)36-24)15-21-8-6-5-7-9-21/h5-13,18-20,24-26,28-29,41-43H,14-17H2,1-4H3,(H,35,48)(H,36,46)(H,37,45)(H,38,49)(H,39,44)(H,40,47)/t19-,20-,24+,25+,26+,28+,29+/m1/s1. The first kappa shape index (κ1) is 38.4. The van der Waals surface area contributed by atoms with Crippen LogP contribution >= 0.6 is 0 Å². The third kappa shape index (κ3) is 11.9. The van der Waals surface area contributed by atoms with Crippen LogP contribution in [0.1, 0.15) is 45.2 Å². The molecule has 0 unspecified atom stereocenters. The Morgan fingerprint density at radius 2 is 1.06 bits per heavy atom. The molecule has 1 fully saturated rings. The van der Waals surface area contributed by atoms with E-state index in [0.29, 0.717) is 11.1 Å². The van der Waals surface area contributed by atoms with Crippen LogP contribution in [0.15, 0.2) is 54.6 Å². The van der Waals surface area contributed by atoms with E-state index in [1.807, 2.05) is 13.8 Å². The van der Waals surface area contributed by atoms with Gasteiger partial charge in [-0.3, -0.25) is 28.8 Å². The summed E-state index contributed by atoms with van der Waals surface area (Å²) in [7, 11) is 0. The second-order valence-electron chi connectivity index (χ2n) is 12.6. The third-order valence-electron chi connectivity index (χ3n) is 7.83. The SMILES string of the molecule is CC(C)C[C@@H]1NC(=O)[C@H](Cc2ccccc2)NC(=O)[C@H]([C@@H](C)O)NC(=O)CNC(=O)[C@H]([C@@H](C)O)NC(=O)[C@H](Cc2ccc(O)cc2)NC1=O. The number of aromatic hydroxyl groups is 1. The molecule has 0 spiro atoms. The molecule has 0 radical (unpaired) electrons. The Bertz CT molecular complexity index is 1470. The first-order valence-electron chi connectivity index (χ1n) is 16.1. The molecule has 0 aromatic heterocycles. The van der Waals surface area contributed by atoms with Crippen molar-refractivity contribution in [3.05, 3.63) is 65.7 Å². The molecular formula is C34H46N6O9. The number of phenolic OH excluding ortho intramolecular Hbond substituents is 1. The Morgan fingerprint density at radius 1 is 0.592 bits per heavy atom. The summed E-state index contributed by atoms with van der Waals surface area (Å²) < 4.78 is 0. The predicted octanol–water partition coefficient (Wildman–Crippen LogP) is -1.46. The van der Waals surface area contributed by atoms with Crippen LogP contribution < -0.4 is 31.9 Å². The van der Waals surface area contributed by atoms with Gasteiger partial charge in [0.2, 0.25) is 35.4 Å². The number of aliphatic hydroxyl groups excluding tert-OH is 2. The number of carbonyl (C=O) groups is 6. The lowest BCUT2D eigenvalue weighted by Crippen LogP contribution is -2.62. The molecule has 0 saturated carbocycles. The summed E-state index contributed by atoms with van der Waals surface area (Å²) >= 11 is 0. The van der Waals surface area contributed by atoms with Gasteiger partial charge in [-0.05, 0) is 49.4 Å². The lowest BCUT2D eigenvalue weighted by Gasteiger charge is -2.29. The van der Waals surface area contributed by atoms with Gasteiger partial charge in [-0.2, -0.15) is 0 Å². The number of rotatable bonds is 8. The van der Waals surface area contributed by atoms with Crippen LogP contribution in [0, 0.1) is 5.92 Å². The lowest BCUT2D eigenvalue weighted by molar-refractivity contribution is -0.137. The summed E-state index contributed by atoms with van der Waals surface area (Å²) in [4.78, 5) is 80.6. The zero-order valence-corrected chi connectivity index (χ0v) is 27.9. The van der Waals surface area contributed by atoms with Crippen LogP contribution in [0.3, 0.4) is 0 Å². The number of hydrogen-bond acceptors (Lipinski definition) is 9. The summed E-state index contributed by atoms with van der Waals surface area (Å²) in [6.07, 6.45) is -2.81. The maximum absolute atomic E-state index is 13.8. The molecule has 2 aromatic rings. The van der Waals surface area contributed by atoms with Crippen LogP contribution in [0.4, 0.5) is 0 Å². The van der Waals surface area contributed by atoms with Crippen molar-refractivity contribution in [2.24, 2.45) is 5.92 Å². The van der Waals surface area contributed by atoms with Gasteiger partial charge in [0.05, 0.1) is 18.8 Å². The van der Waals surface area contributed by atoms with Gasteiger partial charge < -0.3 is 47.2 Å². The fourth-order valence-corrected chi connectivity index (χ4v) is 5.21. The van der Waals surface area contributed by atoms with E-state index in [9.17, 15) is 44.1 Å². The maximum atomic E-state index is 13.8. The van der Waals surface area contributed by atoms with Gasteiger partial charge in [0.15, 0.2) is 0 Å². The van der Waals surface area contributed by atoms with Crippen LogP contribution in [-0.4, -0.2) is 99.7 Å². The van der Waals surface area contributed by atoms with Crippen LogP contribution in [-0.2, 0) is 41.6 Å². The molecule has 15 nitrogen and oxygen atoms in total. The predicted molar refractivity (Wildman–Crippen MR) is 177 cm³/mol. The average Bonchev–Trinajstić information content (AvgIpc) is 3.04. The Morgan fingerprint density at radius 3 is 1.61 bits per heavy atom. The van der Waals surface area contributed by atoms with E-state index < -0.39 is 84.4 Å². The fourth-order valence-electron chi connectivity index (χ4n) is 5.21. The minimum atomic E-state index is -1.56. The first-order chi connectivity index (χ1) is 23.1.